The van der Waals surface area contributed by atoms with Gasteiger partial charge in [0.15, 0.2) is 5.78 Å². The normalized spacial score (nSPS) is 25.0. The van der Waals surface area contributed by atoms with Gasteiger partial charge in [0.05, 0.1) is 5.41 Å². The topological polar surface area (TPSA) is 57.2 Å². The van der Waals surface area contributed by atoms with Crippen LogP contribution in [0.1, 0.15) is 25.3 Å². The molecule has 1 N–H and O–H groups in total. The third-order valence-corrected chi connectivity index (χ3v) is 6.94. The minimum atomic E-state index is -0.606. The molecule has 0 spiro atoms. The molecule has 32 heavy (non-hydrogen) atoms. The van der Waals surface area contributed by atoms with Gasteiger partial charge >= 0.3 is 0 Å². The molecule has 0 aromatic heterocycles. The van der Waals surface area contributed by atoms with Crippen LogP contribution >= 0.6 is 0 Å². The highest BCUT2D eigenvalue weighted by atomic mass is 19.1. The maximum atomic E-state index is 14.1. The molecule has 2 aromatic carbocycles. The Balaban J connectivity index is 1.54. The Labute approximate surface area is 188 Å². The van der Waals surface area contributed by atoms with Crippen LogP contribution in [0.3, 0.4) is 0 Å². The molecule has 3 aliphatic rings. The number of nitrogens with zero attached hydrogens (tertiary/aromatic N) is 3. The molecule has 0 amide bonds. The fourth-order valence-electron chi connectivity index (χ4n) is 5.42. The Morgan fingerprint density at radius 1 is 1.22 bits per heavy atom. The molecule has 3 aliphatic heterocycles. The first-order valence-corrected chi connectivity index (χ1v) is 11.4. The molecule has 0 aliphatic carbocycles. The third kappa shape index (κ3) is 3.59. The van der Waals surface area contributed by atoms with Gasteiger partial charge in [-0.3, -0.25) is 9.80 Å². The summed E-state index contributed by atoms with van der Waals surface area (Å²) in [4.78, 5) is 15.4. The van der Waals surface area contributed by atoms with Gasteiger partial charge in [-0.05, 0) is 37.1 Å². The lowest BCUT2D eigenvalue weighted by molar-refractivity contribution is -0.111. The molecule has 1 saturated heterocycles. The van der Waals surface area contributed by atoms with Gasteiger partial charge in [-0.15, -0.1) is 0 Å². The molecule has 2 atom stereocenters. The lowest BCUT2D eigenvalue weighted by Crippen LogP contribution is -2.54. The molecule has 168 valence electrons. The zero-order chi connectivity index (χ0) is 22.1. The second-order valence-corrected chi connectivity index (χ2v) is 8.82. The molecule has 6 nitrogen and oxygen atoms in total. The fourth-order valence-corrected chi connectivity index (χ4v) is 5.42. The molecule has 1 unspecified atom stereocenters. The monoisotopic (exact) mass is 436 g/mol. The van der Waals surface area contributed by atoms with Crippen molar-refractivity contribution in [3.8, 4) is 5.75 Å². The van der Waals surface area contributed by atoms with Crippen molar-refractivity contribution >= 4 is 17.2 Å². The van der Waals surface area contributed by atoms with Crippen LogP contribution in [0.4, 0.5) is 10.1 Å². The van der Waals surface area contributed by atoms with Gasteiger partial charge in [0.2, 0.25) is 0 Å². The van der Waals surface area contributed by atoms with E-state index in [0.29, 0.717) is 23.8 Å². The van der Waals surface area contributed by atoms with Crippen LogP contribution in [-0.2, 0) is 10.2 Å². The Morgan fingerprint density at radius 3 is 2.75 bits per heavy atom. The van der Waals surface area contributed by atoms with Crippen LogP contribution in [0.25, 0.3) is 0 Å². The van der Waals surface area contributed by atoms with Crippen LogP contribution in [0, 0.1) is 5.82 Å². The number of benzene rings is 2. The smallest absolute Gasteiger partial charge is 0.176 e. The van der Waals surface area contributed by atoms with E-state index in [9.17, 15) is 9.18 Å². The molecule has 2 aromatic rings. The van der Waals surface area contributed by atoms with E-state index in [1.165, 1.54) is 12.1 Å². The number of Topliss-reactive ketones (excluding diaryl/α,β-unsaturated/α-hetero) is 1. The third-order valence-electron chi connectivity index (χ3n) is 6.94. The number of hydrogen-bond acceptors (Lipinski definition) is 6. The van der Waals surface area contributed by atoms with Crippen molar-refractivity contribution in [2.45, 2.75) is 31.2 Å². The summed E-state index contributed by atoms with van der Waals surface area (Å²) in [6, 6.07) is 14.4. The van der Waals surface area contributed by atoms with Crippen LogP contribution in [-0.4, -0.2) is 61.8 Å². The number of carbonyl (C=O) groups excluding carboxylic acids is 1. The molecule has 1 fully saturated rings. The molecule has 3 heterocycles. The van der Waals surface area contributed by atoms with Crippen molar-refractivity contribution in [1.82, 2.24) is 10.2 Å². The Hall–Kier alpha value is -2.77. The van der Waals surface area contributed by atoms with E-state index in [-0.39, 0.29) is 17.6 Å². The lowest BCUT2D eigenvalue weighted by Gasteiger charge is -2.42. The first-order valence-electron chi connectivity index (χ1n) is 11.4. The van der Waals surface area contributed by atoms with Gasteiger partial charge in [-0.2, -0.15) is 5.10 Å². The number of halogens is 1. The highest BCUT2D eigenvalue weighted by Crippen LogP contribution is 2.48. The number of piperazine rings is 1. The van der Waals surface area contributed by atoms with Gasteiger partial charge in [0.25, 0.3) is 0 Å². The SMILES string of the molecule is CC(=O)C1=NN2c3cc(F)ccc3OCC2[C@@]1(CCCN1CCNCC1)c1ccccc1. The van der Waals surface area contributed by atoms with Crippen molar-refractivity contribution < 1.29 is 13.9 Å². The summed E-state index contributed by atoms with van der Waals surface area (Å²) in [7, 11) is 0. The maximum Gasteiger partial charge on any atom is 0.176 e. The minimum absolute atomic E-state index is 0.0524. The molecular formula is C25H29FN4O2. The molecule has 0 bridgehead atoms. The van der Waals surface area contributed by atoms with Crippen molar-refractivity contribution in [2.24, 2.45) is 5.10 Å². The number of anilines is 1. The second kappa shape index (κ2) is 8.64. The number of ketones is 1. The summed E-state index contributed by atoms with van der Waals surface area (Å²) in [5.41, 5.74) is 1.57. The Bertz CT molecular complexity index is 1020. The molecule has 5 rings (SSSR count). The van der Waals surface area contributed by atoms with E-state index in [1.807, 2.05) is 23.2 Å². The number of nitrogens with one attached hydrogen (secondary N) is 1. The number of carbonyl (C=O) groups is 1. The summed E-state index contributed by atoms with van der Waals surface area (Å²) in [5.74, 6) is 0.200. The summed E-state index contributed by atoms with van der Waals surface area (Å²) in [5, 5.41) is 10.0. The van der Waals surface area contributed by atoms with Crippen molar-refractivity contribution in [1.29, 1.82) is 0 Å². The van der Waals surface area contributed by atoms with Gasteiger partial charge in [0, 0.05) is 39.2 Å². The van der Waals surface area contributed by atoms with E-state index in [1.54, 1.807) is 13.0 Å². The minimum Gasteiger partial charge on any atom is -0.489 e. The summed E-state index contributed by atoms with van der Waals surface area (Å²) in [6.45, 7) is 7.04. The van der Waals surface area contributed by atoms with Crippen molar-refractivity contribution in [2.75, 3.05) is 44.3 Å². The van der Waals surface area contributed by atoms with Gasteiger partial charge in [0.1, 0.15) is 35.6 Å². The van der Waals surface area contributed by atoms with Gasteiger partial charge in [-0.25, -0.2) is 4.39 Å². The zero-order valence-corrected chi connectivity index (χ0v) is 18.4. The van der Waals surface area contributed by atoms with E-state index in [4.69, 9.17) is 9.84 Å². The molecule has 7 heteroatoms. The number of rotatable bonds is 6. The predicted octanol–water partition coefficient (Wildman–Crippen LogP) is 2.98. The predicted molar refractivity (Wildman–Crippen MR) is 123 cm³/mol. The van der Waals surface area contributed by atoms with Gasteiger partial charge in [-0.1, -0.05) is 30.3 Å². The fraction of sp³-hybridized carbons (Fsp3) is 0.440. The number of hydrogen-bond donors (Lipinski definition) is 1. The molecule has 0 saturated carbocycles. The van der Waals surface area contributed by atoms with E-state index in [2.05, 4.69) is 22.3 Å². The van der Waals surface area contributed by atoms with E-state index < -0.39 is 5.41 Å². The van der Waals surface area contributed by atoms with E-state index in [0.717, 1.165) is 51.1 Å². The average Bonchev–Trinajstić information content (AvgIpc) is 3.16. The highest BCUT2D eigenvalue weighted by molar-refractivity contribution is 6.43. The molecule has 0 radical (unpaired) electrons. The van der Waals surface area contributed by atoms with E-state index >= 15 is 0 Å². The lowest BCUT2D eigenvalue weighted by atomic mass is 9.67. The number of fused-ring (bicyclic) bond motifs is 3. The first-order chi connectivity index (χ1) is 15.6. The zero-order valence-electron chi connectivity index (χ0n) is 18.4. The average molecular weight is 437 g/mol. The van der Waals surface area contributed by atoms with Crippen LogP contribution in [0.15, 0.2) is 53.6 Å². The largest absolute Gasteiger partial charge is 0.489 e. The standard InChI is InChI=1S/C25H29FN4O2/c1-18(31)24-25(19-6-3-2-4-7-19,10-5-13-29-14-11-27-12-15-29)23-17-32-22-9-8-20(26)16-21(22)30(23)28-24/h2-4,6-9,16,23,27H,5,10-15,17H2,1H3/t23?,25-/m1/s1. The van der Waals surface area contributed by atoms with Crippen LogP contribution in [0.2, 0.25) is 0 Å². The summed E-state index contributed by atoms with van der Waals surface area (Å²) >= 11 is 0. The number of hydrazone groups is 1. The number of ether oxygens (including phenoxy) is 1. The van der Waals surface area contributed by atoms with Crippen LogP contribution in [0.5, 0.6) is 5.75 Å². The van der Waals surface area contributed by atoms with Crippen molar-refractivity contribution in [3.63, 3.8) is 0 Å². The second-order valence-electron chi connectivity index (χ2n) is 8.82. The summed E-state index contributed by atoms with van der Waals surface area (Å²) < 4.78 is 20.2. The molecular weight excluding hydrogens is 407 g/mol. The maximum absolute atomic E-state index is 14.1. The van der Waals surface area contributed by atoms with Gasteiger partial charge < -0.3 is 15.0 Å². The highest BCUT2D eigenvalue weighted by Gasteiger charge is 2.55. The Kier molecular flexibility index (Phi) is 5.69. The first kappa shape index (κ1) is 21.1. The van der Waals surface area contributed by atoms with Crippen molar-refractivity contribution in [3.05, 3.63) is 59.9 Å². The van der Waals surface area contributed by atoms with Crippen LogP contribution < -0.4 is 15.1 Å². The Morgan fingerprint density at radius 2 is 2.00 bits per heavy atom. The summed E-state index contributed by atoms with van der Waals surface area (Å²) in [6.07, 6.45) is 1.70. The quantitative estimate of drug-likeness (QED) is 0.755.